The molecule has 3 aromatic carbocycles. The van der Waals surface area contributed by atoms with Crippen LogP contribution in [-0.4, -0.2) is 21.6 Å². The molecule has 0 bridgehead atoms. The number of rotatable bonds is 6. The smallest absolute Gasteiger partial charge is 0.216 e. The Labute approximate surface area is 160 Å². The minimum Gasteiger partial charge on any atom is -0.480 e. The third kappa shape index (κ3) is 5.58. The summed E-state index contributed by atoms with van der Waals surface area (Å²) < 4.78 is 32.4. The molecule has 27 heavy (non-hydrogen) atoms. The fraction of sp³-hybridized carbons (Fsp3) is 0.182. The Balaban J connectivity index is 1.50. The molecule has 0 aliphatic heterocycles. The maximum Gasteiger partial charge on any atom is 0.216 e. The molecular formula is C22H21NO3S. The molecule has 0 radical (unpaired) electrons. The van der Waals surface area contributed by atoms with E-state index < -0.39 is 10.0 Å². The lowest BCUT2D eigenvalue weighted by atomic mass is 10.1. The molecule has 0 heterocycles. The van der Waals surface area contributed by atoms with E-state index in [1.165, 1.54) is 0 Å². The molecule has 0 atom stereocenters. The van der Waals surface area contributed by atoms with Crippen LogP contribution >= 0.6 is 0 Å². The van der Waals surface area contributed by atoms with Crippen molar-refractivity contribution in [2.24, 2.45) is 0 Å². The van der Waals surface area contributed by atoms with Gasteiger partial charge in [0.15, 0.2) is 0 Å². The highest BCUT2D eigenvalue weighted by Crippen LogP contribution is 2.24. The van der Waals surface area contributed by atoms with Gasteiger partial charge in [-0.3, -0.25) is 0 Å². The molecule has 0 unspecified atom stereocenters. The highest BCUT2D eigenvalue weighted by molar-refractivity contribution is 7.88. The summed E-state index contributed by atoms with van der Waals surface area (Å²) >= 11 is 0. The van der Waals surface area contributed by atoms with Gasteiger partial charge in [-0.1, -0.05) is 78.1 Å². The molecule has 3 aromatic rings. The van der Waals surface area contributed by atoms with Crippen molar-refractivity contribution in [2.45, 2.75) is 12.7 Å². The summed E-state index contributed by atoms with van der Waals surface area (Å²) in [5.74, 6) is 6.35. The number of nitrogens with one attached hydrogen (secondary N) is 1. The molecule has 5 heteroatoms. The molecule has 0 fully saturated rings. The Bertz CT molecular complexity index is 1090. The van der Waals surface area contributed by atoms with Crippen LogP contribution in [0.2, 0.25) is 0 Å². The fourth-order valence-corrected chi connectivity index (χ4v) is 3.78. The molecule has 138 valence electrons. The van der Waals surface area contributed by atoms with Gasteiger partial charge < -0.3 is 4.74 Å². The summed E-state index contributed by atoms with van der Waals surface area (Å²) in [6.45, 7) is 2.20. The normalized spacial score (nSPS) is 11.0. The first-order valence-electron chi connectivity index (χ1n) is 8.63. The van der Waals surface area contributed by atoms with Gasteiger partial charge in [0, 0.05) is 5.39 Å². The monoisotopic (exact) mass is 379 g/mol. The molecule has 0 spiro atoms. The van der Waals surface area contributed by atoms with Crippen molar-refractivity contribution >= 4 is 20.8 Å². The predicted molar refractivity (Wildman–Crippen MR) is 109 cm³/mol. The standard InChI is InChI=1S/C22H21NO3S/c1-18-8-6-9-19(16-18)17-27(24,25)23-14-4-5-15-26-22-13-7-11-20-10-2-3-12-21(20)22/h2-3,6-13,16,23H,14-15,17H2,1H3. The van der Waals surface area contributed by atoms with E-state index in [9.17, 15) is 8.42 Å². The minimum absolute atomic E-state index is 0.0527. The third-order valence-corrected chi connectivity index (χ3v) is 5.29. The molecule has 0 aliphatic carbocycles. The Morgan fingerprint density at radius 1 is 0.963 bits per heavy atom. The number of hydrogen-bond donors (Lipinski definition) is 1. The summed E-state index contributed by atoms with van der Waals surface area (Å²) in [6, 6.07) is 21.3. The van der Waals surface area contributed by atoms with Gasteiger partial charge in [0.1, 0.15) is 12.4 Å². The van der Waals surface area contributed by atoms with E-state index in [0.717, 1.165) is 27.6 Å². The van der Waals surface area contributed by atoms with Gasteiger partial charge in [0.25, 0.3) is 0 Å². The molecule has 0 saturated heterocycles. The Morgan fingerprint density at radius 3 is 2.59 bits per heavy atom. The average Bonchev–Trinajstić information content (AvgIpc) is 2.64. The van der Waals surface area contributed by atoms with E-state index in [1.807, 2.05) is 67.6 Å². The molecule has 3 rings (SSSR count). The molecule has 0 aliphatic rings. The van der Waals surface area contributed by atoms with Crippen LogP contribution in [0.1, 0.15) is 11.1 Å². The van der Waals surface area contributed by atoms with Crippen molar-refractivity contribution in [3.05, 3.63) is 77.9 Å². The summed E-state index contributed by atoms with van der Waals surface area (Å²) in [5.41, 5.74) is 1.79. The van der Waals surface area contributed by atoms with E-state index in [2.05, 4.69) is 16.6 Å². The predicted octanol–water partition coefficient (Wildman–Crippen LogP) is 3.65. The average molecular weight is 379 g/mol. The van der Waals surface area contributed by atoms with Gasteiger partial charge in [-0.05, 0) is 23.9 Å². The van der Waals surface area contributed by atoms with Crippen molar-refractivity contribution in [3.63, 3.8) is 0 Å². The Hall–Kier alpha value is -2.81. The number of benzene rings is 3. The van der Waals surface area contributed by atoms with Crippen molar-refractivity contribution < 1.29 is 13.2 Å². The van der Waals surface area contributed by atoms with E-state index in [1.54, 1.807) is 6.07 Å². The lowest BCUT2D eigenvalue weighted by molar-refractivity contribution is 0.374. The zero-order valence-electron chi connectivity index (χ0n) is 15.1. The van der Waals surface area contributed by atoms with Crippen LogP contribution in [0.15, 0.2) is 66.7 Å². The quantitative estimate of drug-likeness (QED) is 0.665. The SMILES string of the molecule is Cc1cccc(CS(=O)(=O)NCC#CCOc2cccc3ccccc23)c1. The van der Waals surface area contributed by atoms with Gasteiger partial charge >= 0.3 is 0 Å². The molecule has 4 nitrogen and oxygen atoms in total. The van der Waals surface area contributed by atoms with E-state index in [-0.39, 0.29) is 18.9 Å². The van der Waals surface area contributed by atoms with Crippen LogP contribution in [0.4, 0.5) is 0 Å². The highest BCUT2D eigenvalue weighted by Gasteiger charge is 2.10. The minimum atomic E-state index is -3.41. The summed E-state index contributed by atoms with van der Waals surface area (Å²) in [4.78, 5) is 0. The largest absolute Gasteiger partial charge is 0.480 e. The van der Waals surface area contributed by atoms with Crippen molar-refractivity contribution in [1.29, 1.82) is 0 Å². The number of aryl methyl sites for hydroxylation is 1. The van der Waals surface area contributed by atoms with E-state index in [4.69, 9.17) is 4.74 Å². The zero-order valence-corrected chi connectivity index (χ0v) is 15.9. The van der Waals surface area contributed by atoms with Crippen molar-refractivity contribution in [2.75, 3.05) is 13.2 Å². The van der Waals surface area contributed by atoms with Gasteiger partial charge in [-0.15, -0.1) is 0 Å². The maximum absolute atomic E-state index is 12.1. The summed E-state index contributed by atoms with van der Waals surface area (Å²) in [6.07, 6.45) is 0. The van der Waals surface area contributed by atoms with Crippen molar-refractivity contribution in [1.82, 2.24) is 4.72 Å². The number of sulfonamides is 1. The van der Waals surface area contributed by atoms with E-state index in [0.29, 0.717) is 0 Å². The Kier molecular flexibility index (Phi) is 6.12. The van der Waals surface area contributed by atoms with Crippen molar-refractivity contribution in [3.8, 4) is 17.6 Å². The summed E-state index contributed by atoms with van der Waals surface area (Å²) in [5, 5.41) is 2.13. The van der Waals surface area contributed by atoms with Crippen LogP contribution in [0, 0.1) is 18.8 Å². The van der Waals surface area contributed by atoms with Crippen LogP contribution in [0.5, 0.6) is 5.75 Å². The van der Waals surface area contributed by atoms with Gasteiger partial charge in [-0.2, -0.15) is 0 Å². The second-order valence-electron chi connectivity index (χ2n) is 6.19. The third-order valence-electron chi connectivity index (χ3n) is 3.99. The van der Waals surface area contributed by atoms with Crippen LogP contribution in [0.25, 0.3) is 10.8 Å². The fourth-order valence-electron chi connectivity index (χ4n) is 2.77. The first-order chi connectivity index (χ1) is 13.0. The second kappa shape index (κ2) is 8.72. The maximum atomic E-state index is 12.1. The second-order valence-corrected chi connectivity index (χ2v) is 8.00. The van der Waals surface area contributed by atoms with E-state index >= 15 is 0 Å². The van der Waals surface area contributed by atoms with Gasteiger partial charge in [0.2, 0.25) is 10.0 Å². The molecule has 0 amide bonds. The first-order valence-corrected chi connectivity index (χ1v) is 10.3. The number of fused-ring (bicyclic) bond motifs is 1. The van der Waals surface area contributed by atoms with Gasteiger partial charge in [-0.25, -0.2) is 13.1 Å². The van der Waals surface area contributed by atoms with Gasteiger partial charge in [0.05, 0.1) is 12.3 Å². The number of ether oxygens (including phenoxy) is 1. The molecular weight excluding hydrogens is 358 g/mol. The highest BCUT2D eigenvalue weighted by atomic mass is 32.2. The number of hydrogen-bond acceptors (Lipinski definition) is 3. The topological polar surface area (TPSA) is 55.4 Å². The summed E-state index contributed by atoms with van der Waals surface area (Å²) in [7, 11) is -3.41. The van der Waals surface area contributed by atoms with Crippen LogP contribution in [-0.2, 0) is 15.8 Å². The lowest BCUT2D eigenvalue weighted by Gasteiger charge is -2.06. The van der Waals surface area contributed by atoms with Crippen LogP contribution < -0.4 is 9.46 Å². The first kappa shape index (κ1) is 19.0. The zero-order chi connectivity index (χ0) is 19.1. The Morgan fingerprint density at radius 2 is 1.74 bits per heavy atom. The lowest BCUT2D eigenvalue weighted by Crippen LogP contribution is -2.25. The molecule has 0 saturated carbocycles. The van der Waals surface area contributed by atoms with Crippen LogP contribution in [0.3, 0.4) is 0 Å². The molecule has 1 N–H and O–H groups in total. The molecule has 0 aromatic heterocycles.